The second kappa shape index (κ2) is 5.07. The molecule has 0 saturated carbocycles. The number of fused-ring (bicyclic) bond motifs is 2. The Bertz CT molecular complexity index is 287. The fraction of sp³-hybridized carbons (Fsp3) is 0.769. The largest absolute Gasteiger partial charge is 0.298 e. The van der Waals surface area contributed by atoms with Crippen molar-refractivity contribution >= 4 is 17.5 Å². The zero-order valence-electron chi connectivity index (χ0n) is 9.29. The summed E-state index contributed by atoms with van der Waals surface area (Å²) in [6.07, 6.45) is 6.73. The zero-order valence-corrected chi connectivity index (χ0v) is 10.1. The summed E-state index contributed by atoms with van der Waals surface area (Å²) in [6.45, 7) is 1.80. The molecule has 2 bridgehead atoms. The molecule has 0 spiro atoms. The third kappa shape index (κ3) is 2.78. The maximum Gasteiger partial charge on any atom is 0.147 e. The van der Waals surface area contributed by atoms with Gasteiger partial charge in [0.2, 0.25) is 0 Å². The van der Waals surface area contributed by atoms with Crippen molar-refractivity contribution in [1.29, 1.82) is 0 Å². The molecule has 2 rings (SSSR count). The van der Waals surface area contributed by atoms with Gasteiger partial charge < -0.3 is 0 Å². The van der Waals surface area contributed by atoms with E-state index in [-0.39, 0.29) is 0 Å². The molecule has 2 heteroatoms. The van der Waals surface area contributed by atoms with Gasteiger partial charge in [-0.15, -0.1) is 5.92 Å². The molecule has 2 unspecified atom stereocenters. The highest BCUT2D eigenvalue weighted by Gasteiger charge is 2.34. The number of hydrogen-bond acceptors (Lipinski definition) is 2. The number of rotatable bonds is 2. The van der Waals surface area contributed by atoms with Crippen molar-refractivity contribution in [2.24, 2.45) is 5.92 Å². The van der Waals surface area contributed by atoms with E-state index in [9.17, 15) is 4.79 Å². The minimum Gasteiger partial charge on any atom is -0.298 e. The van der Waals surface area contributed by atoms with Crippen molar-refractivity contribution in [3.63, 3.8) is 0 Å². The predicted octanol–water partition coefficient (Wildman–Crippen LogP) is 3.03. The molecule has 2 saturated heterocycles. The van der Waals surface area contributed by atoms with Crippen LogP contribution in [-0.2, 0) is 4.79 Å². The number of carbonyl (C=O) groups excluding carboxylic acids is 1. The third-order valence-corrected chi connectivity index (χ3v) is 5.05. The van der Waals surface area contributed by atoms with Gasteiger partial charge in [0.15, 0.2) is 0 Å². The van der Waals surface area contributed by atoms with Crippen molar-refractivity contribution in [1.82, 2.24) is 0 Å². The van der Waals surface area contributed by atoms with E-state index < -0.39 is 0 Å². The molecule has 2 heterocycles. The minimum atomic E-state index is 0.322. The number of ketones is 1. The summed E-state index contributed by atoms with van der Waals surface area (Å²) < 4.78 is 0. The molecule has 0 radical (unpaired) electrons. The van der Waals surface area contributed by atoms with Crippen molar-refractivity contribution in [2.45, 2.75) is 55.9 Å². The molecule has 0 aromatic heterocycles. The van der Waals surface area contributed by atoms with Gasteiger partial charge in [-0.3, -0.25) is 4.79 Å². The molecule has 0 N–H and O–H groups in total. The van der Waals surface area contributed by atoms with Crippen molar-refractivity contribution in [3.05, 3.63) is 0 Å². The maximum absolute atomic E-state index is 11.9. The third-order valence-electron chi connectivity index (χ3n) is 3.43. The fourth-order valence-electron chi connectivity index (χ4n) is 2.64. The van der Waals surface area contributed by atoms with Gasteiger partial charge in [0.1, 0.15) is 5.78 Å². The Kier molecular flexibility index (Phi) is 3.75. The number of thioether (sulfide) groups is 1. The van der Waals surface area contributed by atoms with E-state index in [1.54, 1.807) is 6.92 Å². The lowest BCUT2D eigenvalue weighted by atomic mass is 9.86. The Labute approximate surface area is 96.4 Å². The van der Waals surface area contributed by atoms with Crippen LogP contribution in [0.3, 0.4) is 0 Å². The first-order chi connectivity index (χ1) is 7.29. The fourth-order valence-corrected chi connectivity index (χ4v) is 4.48. The average molecular weight is 222 g/mol. The highest BCUT2D eigenvalue weighted by Crippen LogP contribution is 2.44. The van der Waals surface area contributed by atoms with Crippen molar-refractivity contribution in [2.75, 3.05) is 0 Å². The van der Waals surface area contributed by atoms with Crippen LogP contribution in [0.5, 0.6) is 0 Å². The monoisotopic (exact) mass is 222 g/mol. The summed E-state index contributed by atoms with van der Waals surface area (Å²) in [7, 11) is 0. The smallest absolute Gasteiger partial charge is 0.147 e. The molecular formula is C13H18OS. The van der Waals surface area contributed by atoms with Crippen LogP contribution >= 0.6 is 11.8 Å². The lowest BCUT2D eigenvalue weighted by Crippen LogP contribution is -2.32. The minimum absolute atomic E-state index is 0.322. The van der Waals surface area contributed by atoms with Crippen LogP contribution in [0.4, 0.5) is 0 Å². The van der Waals surface area contributed by atoms with E-state index >= 15 is 0 Å². The van der Waals surface area contributed by atoms with E-state index in [1.165, 1.54) is 19.3 Å². The lowest BCUT2D eigenvalue weighted by molar-refractivity contribution is -0.122. The van der Waals surface area contributed by atoms with Crippen LogP contribution in [0.1, 0.15) is 45.4 Å². The maximum atomic E-state index is 11.9. The number of hydrogen-bond donors (Lipinski definition) is 0. The van der Waals surface area contributed by atoms with E-state index in [4.69, 9.17) is 0 Å². The van der Waals surface area contributed by atoms with Crippen LogP contribution in [0.15, 0.2) is 0 Å². The van der Waals surface area contributed by atoms with Gasteiger partial charge in [-0.1, -0.05) is 12.3 Å². The molecule has 0 aromatic carbocycles. The molecule has 1 nitrogen and oxygen atoms in total. The molecule has 0 aliphatic carbocycles. The summed E-state index contributed by atoms with van der Waals surface area (Å²) in [5.74, 6) is 6.43. The van der Waals surface area contributed by atoms with Crippen LogP contribution in [0.2, 0.25) is 0 Å². The Morgan fingerprint density at radius 3 is 2.60 bits per heavy atom. The van der Waals surface area contributed by atoms with Crippen LogP contribution < -0.4 is 0 Å². The second-order valence-electron chi connectivity index (χ2n) is 4.55. The Morgan fingerprint density at radius 2 is 2.00 bits per heavy atom. The summed E-state index contributed by atoms with van der Waals surface area (Å²) in [4.78, 5) is 11.9. The molecule has 82 valence electrons. The quantitative estimate of drug-likeness (QED) is 0.668. The van der Waals surface area contributed by atoms with Crippen LogP contribution in [0.25, 0.3) is 0 Å². The second-order valence-corrected chi connectivity index (χ2v) is 6.15. The summed E-state index contributed by atoms with van der Waals surface area (Å²) in [5, 5.41) is 1.53. The topological polar surface area (TPSA) is 17.1 Å². The van der Waals surface area contributed by atoms with Gasteiger partial charge >= 0.3 is 0 Å². The Morgan fingerprint density at radius 1 is 1.33 bits per heavy atom. The van der Waals surface area contributed by atoms with Crippen LogP contribution in [0, 0.1) is 17.8 Å². The molecule has 2 fully saturated rings. The van der Waals surface area contributed by atoms with Gasteiger partial charge in [-0.25, -0.2) is 0 Å². The van der Waals surface area contributed by atoms with Crippen LogP contribution in [-0.4, -0.2) is 16.3 Å². The normalized spacial score (nSPS) is 34.1. The first-order valence-electron chi connectivity index (χ1n) is 5.87. The molecule has 2 aliphatic rings. The molecule has 2 atom stereocenters. The average Bonchev–Trinajstić information content (AvgIpc) is 2.25. The summed E-state index contributed by atoms with van der Waals surface area (Å²) in [6, 6.07) is 0. The van der Waals surface area contributed by atoms with Gasteiger partial charge in [-0.05, 0) is 32.6 Å². The highest BCUT2D eigenvalue weighted by molar-refractivity contribution is 8.00. The lowest BCUT2D eigenvalue weighted by Gasteiger charge is -2.37. The zero-order chi connectivity index (χ0) is 10.7. The van der Waals surface area contributed by atoms with Crippen molar-refractivity contribution in [3.8, 4) is 11.8 Å². The molecule has 2 aliphatic heterocycles. The standard InChI is InChI=1S/C13H18OS/c1-2-3-7-13(14)10-8-11-5-4-6-12(9-10)15-11/h10-12H,4-9H2,1H3. The number of carbonyl (C=O) groups is 1. The summed E-state index contributed by atoms with van der Waals surface area (Å²) in [5.41, 5.74) is 0. The molecule has 0 aromatic rings. The van der Waals surface area contributed by atoms with Gasteiger partial charge in [0, 0.05) is 16.4 Å². The summed E-state index contributed by atoms with van der Waals surface area (Å²) >= 11 is 2.13. The Balaban J connectivity index is 1.92. The van der Waals surface area contributed by atoms with Crippen molar-refractivity contribution < 1.29 is 4.79 Å². The van der Waals surface area contributed by atoms with Gasteiger partial charge in [0.05, 0.1) is 6.42 Å². The molecular weight excluding hydrogens is 204 g/mol. The Hall–Kier alpha value is -0.420. The van der Waals surface area contributed by atoms with Gasteiger partial charge in [0.25, 0.3) is 0 Å². The first-order valence-corrected chi connectivity index (χ1v) is 6.81. The highest BCUT2D eigenvalue weighted by atomic mass is 32.2. The van der Waals surface area contributed by atoms with E-state index in [1.807, 2.05) is 0 Å². The number of Topliss-reactive ketones (excluding diaryl/α,β-unsaturated/α-hetero) is 1. The molecule has 15 heavy (non-hydrogen) atoms. The van der Waals surface area contributed by atoms with Gasteiger partial charge in [-0.2, -0.15) is 11.8 Å². The first kappa shape index (κ1) is 11.1. The predicted molar refractivity (Wildman–Crippen MR) is 64.8 cm³/mol. The molecule has 0 amide bonds. The van der Waals surface area contributed by atoms with E-state index in [2.05, 4.69) is 23.6 Å². The SMILES string of the molecule is CC#CCC(=O)C1CC2CCCC(C1)S2. The van der Waals surface area contributed by atoms with E-state index in [0.29, 0.717) is 18.1 Å². The van der Waals surface area contributed by atoms with E-state index in [0.717, 1.165) is 23.3 Å².